The van der Waals surface area contributed by atoms with E-state index in [2.05, 4.69) is 26.5 Å². The first-order valence-electron chi connectivity index (χ1n) is 10.1. The Kier molecular flexibility index (Phi) is 6.25. The van der Waals surface area contributed by atoms with E-state index in [9.17, 15) is 4.79 Å². The maximum Gasteiger partial charge on any atom is 0.226 e. The highest BCUT2D eigenvalue weighted by Crippen LogP contribution is 2.26. The Bertz CT molecular complexity index is 1080. The number of aromatic amines is 1. The van der Waals surface area contributed by atoms with Gasteiger partial charge < -0.3 is 15.0 Å². The number of carbonyl (C=O) groups is 1. The molecule has 156 valence electrons. The summed E-state index contributed by atoms with van der Waals surface area (Å²) in [5.74, 6) is 0.680. The number of aromatic nitrogens is 3. The molecule has 0 bridgehead atoms. The van der Waals surface area contributed by atoms with E-state index in [-0.39, 0.29) is 5.91 Å². The van der Waals surface area contributed by atoms with Crippen molar-refractivity contribution < 1.29 is 9.53 Å². The Morgan fingerprint density at radius 3 is 2.80 bits per heavy atom. The van der Waals surface area contributed by atoms with E-state index in [0.717, 1.165) is 41.4 Å². The fraction of sp³-hybridized carbons (Fsp3) is 0.318. The number of benzene rings is 2. The maximum absolute atomic E-state index is 12.7. The largest absolute Gasteiger partial charge is 0.378 e. The molecular weight excluding hydrogens is 398 g/mol. The molecule has 0 saturated carbocycles. The molecule has 0 unspecified atom stereocenters. The summed E-state index contributed by atoms with van der Waals surface area (Å²) in [7, 11) is 0. The van der Waals surface area contributed by atoms with Gasteiger partial charge in [-0.3, -0.25) is 14.5 Å². The van der Waals surface area contributed by atoms with Gasteiger partial charge in [0.05, 0.1) is 24.6 Å². The number of anilines is 2. The molecule has 7 nitrogen and oxygen atoms in total. The highest BCUT2D eigenvalue weighted by Gasteiger charge is 2.16. The average molecular weight is 424 g/mol. The van der Waals surface area contributed by atoms with E-state index >= 15 is 0 Å². The Hall–Kier alpha value is -2.97. The van der Waals surface area contributed by atoms with E-state index in [1.165, 1.54) is 0 Å². The van der Waals surface area contributed by atoms with Crippen molar-refractivity contribution in [3.05, 3.63) is 58.9 Å². The zero-order chi connectivity index (χ0) is 20.9. The van der Waals surface area contributed by atoms with Crippen LogP contribution in [0.1, 0.15) is 12.0 Å². The van der Waals surface area contributed by atoms with Crippen LogP contribution in [0.4, 0.5) is 11.4 Å². The van der Waals surface area contributed by atoms with Crippen LogP contribution in [0, 0.1) is 11.7 Å². The van der Waals surface area contributed by atoms with E-state index < -0.39 is 0 Å². The molecule has 0 radical (unpaired) electrons. The van der Waals surface area contributed by atoms with Crippen molar-refractivity contribution in [1.29, 1.82) is 0 Å². The second-order valence-electron chi connectivity index (χ2n) is 7.29. The SMILES string of the molecule is Cc1cccc(-c2n[nH]c(=S)n2CCC(=O)Nc2ccccc2N2CCOCC2)c1. The van der Waals surface area contributed by atoms with E-state index in [1.54, 1.807) is 0 Å². The van der Waals surface area contributed by atoms with Gasteiger partial charge in [0.1, 0.15) is 0 Å². The molecule has 1 saturated heterocycles. The predicted octanol–water partition coefficient (Wildman–Crippen LogP) is 3.78. The first-order valence-corrected chi connectivity index (χ1v) is 10.5. The third-order valence-corrected chi connectivity index (χ3v) is 5.44. The molecule has 0 aliphatic carbocycles. The lowest BCUT2D eigenvalue weighted by Gasteiger charge is -2.30. The summed E-state index contributed by atoms with van der Waals surface area (Å²) in [5, 5.41) is 10.3. The molecule has 0 atom stereocenters. The lowest BCUT2D eigenvalue weighted by molar-refractivity contribution is -0.116. The van der Waals surface area contributed by atoms with Crippen LogP contribution in [-0.2, 0) is 16.1 Å². The van der Waals surface area contributed by atoms with Crippen LogP contribution in [0.25, 0.3) is 11.4 Å². The summed E-state index contributed by atoms with van der Waals surface area (Å²) in [6.45, 7) is 5.51. The van der Waals surface area contributed by atoms with Gasteiger partial charge in [-0.1, -0.05) is 35.9 Å². The Morgan fingerprint density at radius 2 is 2.00 bits per heavy atom. The monoisotopic (exact) mass is 423 g/mol. The van der Waals surface area contributed by atoms with Crippen LogP contribution >= 0.6 is 12.2 Å². The lowest BCUT2D eigenvalue weighted by atomic mass is 10.1. The highest BCUT2D eigenvalue weighted by atomic mass is 32.1. The number of amides is 1. The van der Waals surface area contributed by atoms with Crippen LogP contribution in [0.5, 0.6) is 0 Å². The first-order chi connectivity index (χ1) is 14.6. The highest BCUT2D eigenvalue weighted by molar-refractivity contribution is 7.71. The van der Waals surface area contributed by atoms with Gasteiger partial charge in [0.2, 0.25) is 5.91 Å². The van der Waals surface area contributed by atoms with Crippen molar-refractivity contribution in [3.63, 3.8) is 0 Å². The van der Waals surface area contributed by atoms with Gasteiger partial charge in [-0.15, -0.1) is 0 Å². The van der Waals surface area contributed by atoms with Gasteiger partial charge in [-0.25, -0.2) is 0 Å². The van der Waals surface area contributed by atoms with Crippen molar-refractivity contribution in [3.8, 4) is 11.4 Å². The molecular formula is C22H25N5O2S. The van der Waals surface area contributed by atoms with E-state index in [1.807, 2.05) is 54.0 Å². The summed E-state index contributed by atoms with van der Waals surface area (Å²) in [6.07, 6.45) is 0.296. The van der Waals surface area contributed by atoms with E-state index in [0.29, 0.717) is 31.0 Å². The van der Waals surface area contributed by atoms with Gasteiger partial charge in [-0.05, 0) is 37.3 Å². The number of hydrogen-bond donors (Lipinski definition) is 2. The van der Waals surface area contributed by atoms with Crippen LogP contribution in [-0.4, -0.2) is 47.0 Å². The molecule has 1 fully saturated rings. The molecule has 2 N–H and O–H groups in total. The second-order valence-corrected chi connectivity index (χ2v) is 7.67. The Morgan fingerprint density at radius 1 is 1.20 bits per heavy atom. The predicted molar refractivity (Wildman–Crippen MR) is 120 cm³/mol. The second kappa shape index (κ2) is 9.23. The minimum atomic E-state index is -0.0611. The summed E-state index contributed by atoms with van der Waals surface area (Å²) >= 11 is 5.39. The topological polar surface area (TPSA) is 75.2 Å². The Labute approximate surface area is 180 Å². The summed E-state index contributed by atoms with van der Waals surface area (Å²) in [6, 6.07) is 16.0. The number of nitrogens with one attached hydrogen (secondary N) is 2. The number of ether oxygens (including phenoxy) is 1. The average Bonchev–Trinajstić information content (AvgIpc) is 3.14. The van der Waals surface area contributed by atoms with Crippen molar-refractivity contribution in [2.45, 2.75) is 19.9 Å². The number of aryl methyl sites for hydroxylation is 1. The minimum Gasteiger partial charge on any atom is -0.378 e. The third-order valence-electron chi connectivity index (χ3n) is 5.13. The zero-order valence-electron chi connectivity index (χ0n) is 16.9. The smallest absolute Gasteiger partial charge is 0.226 e. The molecule has 4 rings (SSSR count). The molecule has 30 heavy (non-hydrogen) atoms. The zero-order valence-corrected chi connectivity index (χ0v) is 17.7. The molecule has 2 heterocycles. The number of morpholine rings is 1. The molecule has 1 amide bonds. The maximum atomic E-state index is 12.7. The van der Waals surface area contributed by atoms with Gasteiger partial charge in [0.15, 0.2) is 10.6 Å². The fourth-order valence-electron chi connectivity index (χ4n) is 3.62. The van der Waals surface area contributed by atoms with E-state index in [4.69, 9.17) is 17.0 Å². The fourth-order valence-corrected chi connectivity index (χ4v) is 3.84. The quantitative estimate of drug-likeness (QED) is 0.590. The van der Waals surface area contributed by atoms with Gasteiger partial charge in [-0.2, -0.15) is 5.10 Å². The third kappa shape index (κ3) is 4.60. The van der Waals surface area contributed by atoms with Gasteiger partial charge >= 0.3 is 0 Å². The van der Waals surface area contributed by atoms with Crippen molar-refractivity contribution >= 4 is 29.5 Å². The molecule has 1 aliphatic rings. The van der Waals surface area contributed by atoms with Crippen LogP contribution in [0.3, 0.4) is 0 Å². The van der Waals surface area contributed by atoms with Crippen molar-refractivity contribution in [2.24, 2.45) is 0 Å². The number of para-hydroxylation sites is 2. The van der Waals surface area contributed by atoms with Crippen molar-refractivity contribution in [2.75, 3.05) is 36.5 Å². The minimum absolute atomic E-state index is 0.0611. The molecule has 2 aromatic carbocycles. The number of rotatable bonds is 6. The molecule has 1 aliphatic heterocycles. The Balaban J connectivity index is 1.46. The van der Waals surface area contributed by atoms with Crippen molar-refractivity contribution in [1.82, 2.24) is 14.8 Å². The molecule has 1 aromatic heterocycles. The van der Waals surface area contributed by atoms with Crippen LogP contribution in [0.15, 0.2) is 48.5 Å². The van der Waals surface area contributed by atoms with Crippen LogP contribution in [0.2, 0.25) is 0 Å². The number of nitrogens with zero attached hydrogens (tertiary/aromatic N) is 3. The summed E-state index contributed by atoms with van der Waals surface area (Å²) in [5.41, 5.74) is 3.96. The normalized spacial score (nSPS) is 14.0. The first kappa shape index (κ1) is 20.3. The number of carbonyl (C=O) groups excluding carboxylic acids is 1. The molecule has 0 spiro atoms. The molecule has 8 heteroatoms. The summed E-state index contributed by atoms with van der Waals surface area (Å²) in [4.78, 5) is 15.0. The standard InChI is InChI=1S/C22H25N5O2S/c1-16-5-4-6-17(15-16)21-24-25-22(30)27(21)10-9-20(28)23-18-7-2-3-8-19(18)26-11-13-29-14-12-26/h2-8,15H,9-14H2,1H3,(H,23,28)(H,25,30). The lowest BCUT2D eigenvalue weighted by Crippen LogP contribution is -2.36. The number of H-pyrrole nitrogens is 1. The number of hydrogen-bond acceptors (Lipinski definition) is 5. The molecule has 3 aromatic rings. The van der Waals surface area contributed by atoms with Gasteiger partial charge in [0.25, 0.3) is 0 Å². The summed E-state index contributed by atoms with van der Waals surface area (Å²) < 4.78 is 7.82. The van der Waals surface area contributed by atoms with Crippen LogP contribution < -0.4 is 10.2 Å². The van der Waals surface area contributed by atoms with Gasteiger partial charge in [0, 0.05) is 31.6 Å².